The molecule has 0 radical (unpaired) electrons. The molecule has 0 aliphatic rings. The summed E-state index contributed by atoms with van der Waals surface area (Å²) < 4.78 is 6.03. The number of hydrogen-bond acceptors (Lipinski definition) is 7. The maximum Gasteiger partial charge on any atom is 0.328 e. The number of carbonyl (C=O) groups is 1. The van der Waals surface area contributed by atoms with Gasteiger partial charge in [0.1, 0.15) is 6.04 Å². The summed E-state index contributed by atoms with van der Waals surface area (Å²) >= 11 is 0. The number of carboxylic acid groups (broad SMARTS) is 1. The number of hydrogen-bond donors (Lipinski definition) is 3. The van der Waals surface area contributed by atoms with Gasteiger partial charge in [0.25, 0.3) is 0 Å². The van der Waals surface area contributed by atoms with Crippen LogP contribution in [0.5, 0.6) is 0 Å². The third kappa shape index (κ3) is 5.96. The standard InChI is InChI=1S/C11H16N6O3/c12-7-17(13)6-2-3-9(11(18)19)14-5-1-4-10-16-15-8-20-10/h1,4-5,8-9,13H,2-3,6-7,12H2/p+1/b4-1+,14-5?,17-13?/t9-/m0/s1. The fraction of sp³-hybridized carbons (Fsp3) is 0.455. The Morgan fingerprint density at radius 3 is 3.10 bits per heavy atom. The molecule has 0 fully saturated rings. The van der Waals surface area contributed by atoms with Crippen LogP contribution >= 0.6 is 0 Å². The number of nitrogens with one attached hydrogen (secondary N) is 1. The molecule has 9 nitrogen and oxygen atoms in total. The van der Waals surface area contributed by atoms with E-state index in [2.05, 4.69) is 15.2 Å². The Morgan fingerprint density at radius 2 is 2.50 bits per heavy atom. The second-order valence-electron chi connectivity index (χ2n) is 3.88. The van der Waals surface area contributed by atoms with Gasteiger partial charge in [-0.25, -0.2) is 4.79 Å². The lowest BCUT2D eigenvalue weighted by Crippen LogP contribution is -2.22. The highest BCUT2D eigenvalue weighted by atomic mass is 16.4. The maximum absolute atomic E-state index is 11.0. The molecule has 0 aliphatic heterocycles. The van der Waals surface area contributed by atoms with E-state index in [9.17, 15) is 4.79 Å². The zero-order valence-corrected chi connectivity index (χ0v) is 10.8. The number of allylic oxidation sites excluding steroid dienone is 1. The Labute approximate surface area is 115 Å². The number of aliphatic carboxylic acids is 1. The fourth-order valence-electron chi connectivity index (χ4n) is 1.36. The van der Waals surface area contributed by atoms with Gasteiger partial charge in [-0.1, -0.05) is 5.53 Å². The number of nitrogens with zero attached hydrogens (tertiary/aromatic N) is 4. The third-order valence-electron chi connectivity index (χ3n) is 2.38. The quantitative estimate of drug-likeness (QED) is 0.258. The molecule has 20 heavy (non-hydrogen) atoms. The fourth-order valence-corrected chi connectivity index (χ4v) is 1.36. The van der Waals surface area contributed by atoms with Gasteiger partial charge in [0, 0.05) is 18.7 Å². The Hall–Kier alpha value is -2.42. The zero-order valence-electron chi connectivity index (χ0n) is 10.8. The summed E-state index contributed by atoms with van der Waals surface area (Å²) in [6, 6.07) is -0.839. The summed E-state index contributed by atoms with van der Waals surface area (Å²) in [5, 5.41) is 16.1. The van der Waals surface area contributed by atoms with Gasteiger partial charge in [-0.3, -0.25) is 10.7 Å². The molecule has 0 aliphatic carbocycles. The van der Waals surface area contributed by atoms with Crippen LogP contribution in [0.25, 0.3) is 6.08 Å². The SMILES string of the molecule is N=[N+](CN)CCC[C@H](N=C/C=C/c1nnco1)C(=O)O. The van der Waals surface area contributed by atoms with Crippen LogP contribution in [-0.2, 0) is 4.79 Å². The number of aromatic nitrogens is 2. The van der Waals surface area contributed by atoms with Gasteiger partial charge in [0.15, 0.2) is 6.54 Å². The molecular formula is C11H17N6O3+. The smallest absolute Gasteiger partial charge is 0.328 e. The topological polar surface area (TPSA) is 141 Å². The van der Waals surface area contributed by atoms with Crippen LogP contribution in [0, 0.1) is 5.53 Å². The first kappa shape index (κ1) is 15.6. The minimum atomic E-state index is -1.00. The molecule has 0 bridgehead atoms. The first-order chi connectivity index (χ1) is 9.63. The van der Waals surface area contributed by atoms with Crippen molar-refractivity contribution in [3.63, 3.8) is 0 Å². The van der Waals surface area contributed by atoms with Crippen molar-refractivity contribution in [2.24, 2.45) is 10.7 Å². The average molecular weight is 281 g/mol. The van der Waals surface area contributed by atoms with E-state index in [0.29, 0.717) is 25.3 Å². The number of rotatable bonds is 9. The van der Waals surface area contributed by atoms with E-state index in [1.807, 2.05) is 0 Å². The molecule has 1 aromatic rings. The zero-order chi connectivity index (χ0) is 14.8. The van der Waals surface area contributed by atoms with Crippen LogP contribution in [-0.4, -0.2) is 51.4 Å². The van der Waals surface area contributed by atoms with Crippen molar-refractivity contribution in [2.75, 3.05) is 13.2 Å². The summed E-state index contributed by atoms with van der Waals surface area (Å²) in [5.41, 5.74) is 12.6. The van der Waals surface area contributed by atoms with Gasteiger partial charge in [-0.05, 0) is 12.5 Å². The van der Waals surface area contributed by atoms with E-state index in [1.165, 1.54) is 24.8 Å². The predicted octanol–water partition coefficient (Wildman–Crippen LogP) is 0.347. The van der Waals surface area contributed by atoms with E-state index in [4.69, 9.17) is 20.8 Å². The van der Waals surface area contributed by atoms with E-state index >= 15 is 0 Å². The second kappa shape index (κ2) is 8.64. The summed E-state index contributed by atoms with van der Waals surface area (Å²) in [7, 11) is 0. The van der Waals surface area contributed by atoms with Crippen molar-refractivity contribution >= 4 is 18.3 Å². The van der Waals surface area contributed by atoms with Gasteiger partial charge in [-0.2, -0.15) is 0 Å². The first-order valence-corrected chi connectivity index (χ1v) is 5.98. The molecule has 1 atom stereocenters. The largest absolute Gasteiger partial charge is 0.480 e. The van der Waals surface area contributed by atoms with Crippen molar-refractivity contribution in [1.82, 2.24) is 10.2 Å². The van der Waals surface area contributed by atoms with Crippen molar-refractivity contribution in [1.29, 1.82) is 5.53 Å². The lowest BCUT2D eigenvalue weighted by molar-refractivity contribution is -0.614. The van der Waals surface area contributed by atoms with Gasteiger partial charge >= 0.3 is 5.97 Å². The highest BCUT2D eigenvalue weighted by Crippen LogP contribution is 2.03. The van der Waals surface area contributed by atoms with Crippen molar-refractivity contribution in [2.45, 2.75) is 18.9 Å². The Kier molecular flexibility index (Phi) is 6.76. The normalized spacial score (nSPS) is 13.1. The summed E-state index contributed by atoms with van der Waals surface area (Å²) in [6.45, 7) is 0.529. The summed E-state index contributed by atoms with van der Waals surface area (Å²) in [4.78, 5) is 14.9. The lowest BCUT2D eigenvalue weighted by atomic mass is 10.1. The minimum absolute atomic E-state index is 0.119. The molecular weight excluding hydrogens is 264 g/mol. The molecule has 0 aromatic carbocycles. The number of carboxylic acids is 1. The Morgan fingerprint density at radius 1 is 1.70 bits per heavy atom. The Balaban J connectivity index is 2.42. The molecule has 0 saturated carbocycles. The third-order valence-corrected chi connectivity index (χ3v) is 2.38. The number of aliphatic imine (C=N–C) groups is 1. The number of nitrogens with two attached hydrogens (primary N) is 1. The Bertz CT molecular complexity index is 482. The van der Waals surface area contributed by atoms with Crippen molar-refractivity contribution in [3.8, 4) is 0 Å². The lowest BCUT2D eigenvalue weighted by Gasteiger charge is -2.04. The van der Waals surface area contributed by atoms with Gasteiger partial charge in [0.2, 0.25) is 19.0 Å². The second-order valence-corrected chi connectivity index (χ2v) is 3.88. The van der Waals surface area contributed by atoms with Crippen LogP contribution in [0.15, 0.2) is 21.9 Å². The van der Waals surface area contributed by atoms with Gasteiger partial charge in [-0.15, -0.1) is 14.9 Å². The van der Waals surface area contributed by atoms with Crippen molar-refractivity contribution in [3.05, 3.63) is 18.4 Å². The van der Waals surface area contributed by atoms with Crippen LogP contribution in [0.3, 0.4) is 0 Å². The van der Waals surface area contributed by atoms with E-state index in [-0.39, 0.29) is 6.67 Å². The van der Waals surface area contributed by atoms with Gasteiger partial charge < -0.3 is 9.52 Å². The molecule has 1 aromatic heterocycles. The maximum atomic E-state index is 11.0. The molecule has 9 heteroatoms. The van der Waals surface area contributed by atoms with Crippen LogP contribution in [0.2, 0.25) is 0 Å². The molecule has 0 unspecified atom stereocenters. The van der Waals surface area contributed by atoms with Crippen LogP contribution < -0.4 is 5.73 Å². The monoisotopic (exact) mass is 281 g/mol. The molecule has 0 spiro atoms. The van der Waals surface area contributed by atoms with Crippen LogP contribution in [0.4, 0.5) is 0 Å². The molecule has 1 heterocycles. The van der Waals surface area contributed by atoms with E-state index in [1.54, 1.807) is 0 Å². The summed E-state index contributed by atoms with van der Waals surface area (Å²) in [5.74, 6) is -0.687. The van der Waals surface area contributed by atoms with E-state index < -0.39 is 12.0 Å². The van der Waals surface area contributed by atoms with E-state index in [0.717, 1.165) is 4.70 Å². The molecule has 108 valence electrons. The minimum Gasteiger partial charge on any atom is -0.480 e. The van der Waals surface area contributed by atoms with Crippen molar-refractivity contribution < 1.29 is 19.0 Å². The predicted molar refractivity (Wildman–Crippen MR) is 69.4 cm³/mol. The molecule has 0 saturated heterocycles. The first-order valence-electron chi connectivity index (χ1n) is 5.98. The highest BCUT2D eigenvalue weighted by Gasteiger charge is 2.15. The van der Waals surface area contributed by atoms with Gasteiger partial charge in [0.05, 0.1) is 0 Å². The molecule has 1 rings (SSSR count). The highest BCUT2D eigenvalue weighted by molar-refractivity contribution is 5.81. The average Bonchev–Trinajstić information content (AvgIpc) is 2.93. The van der Waals surface area contributed by atoms with Crippen LogP contribution in [0.1, 0.15) is 18.7 Å². The molecule has 0 amide bonds. The molecule has 4 N–H and O–H groups in total. The summed E-state index contributed by atoms with van der Waals surface area (Å²) in [6.07, 6.45) is 6.50.